The molecule has 0 aliphatic heterocycles. The van der Waals surface area contributed by atoms with Crippen molar-refractivity contribution < 1.29 is 23.9 Å². The summed E-state index contributed by atoms with van der Waals surface area (Å²) in [5.74, 6) is -0.230. The molecule has 0 spiro atoms. The average Bonchev–Trinajstić information content (AvgIpc) is 2.89. The Morgan fingerprint density at radius 3 is 2.19 bits per heavy atom. The Kier molecular flexibility index (Phi) is 10.2. The zero-order chi connectivity index (χ0) is 25.8. The first-order valence-electron chi connectivity index (χ1n) is 11.4. The number of hydrazone groups is 1. The van der Waals surface area contributed by atoms with Gasteiger partial charge < -0.3 is 14.8 Å². The van der Waals surface area contributed by atoms with E-state index in [2.05, 4.69) is 38.7 Å². The number of hydrogen-bond donors (Lipinski definition) is 2. The molecule has 3 aromatic carbocycles. The standard InChI is InChI=1S/C27H26BrN3O5/c1-2-3-16-35-23-14-8-20(9-15-23)26(33)29-18-25(32)31-30-17-19-4-12-24(13-5-19)36-27(34)21-6-10-22(28)11-7-21/h4-15,17H,2-3,16,18H2,1H3,(H,29,33)(H,31,32). The number of esters is 1. The van der Waals surface area contributed by atoms with Gasteiger partial charge in [0.05, 0.1) is 24.9 Å². The predicted octanol–water partition coefficient (Wildman–Crippen LogP) is 4.73. The van der Waals surface area contributed by atoms with Crippen molar-refractivity contribution in [3.8, 4) is 11.5 Å². The fraction of sp³-hybridized carbons (Fsp3) is 0.185. The van der Waals surface area contributed by atoms with Gasteiger partial charge in [-0.3, -0.25) is 9.59 Å². The van der Waals surface area contributed by atoms with E-state index >= 15 is 0 Å². The maximum Gasteiger partial charge on any atom is 0.343 e. The summed E-state index contributed by atoms with van der Waals surface area (Å²) in [4.78, 5) is 36.4. The lowest BCUT2D eigenvalue weighted by Crippen LogP contribution is -2.34. The topological polar surface area (TPSA) is 106 Å². The van der Waals surface area contributed by atoms with E-state index in [-0.39, 0.29) is 12.5 Å². The molecule has 9 heteroatoms. The number of ether oxygens (including phenoxy) is 2. The van der Waals surface area contributed by atoms with Crippen LogP contribution in [0.3, 0.4) is 0 Å². The molecule has 36 heavy (non-hydrogen) atoms. The van der Waals surface area contributed by atoms with Gasteiger partial charge in [0.25, 0.3) is 11.8 Å². The molecule has 3 aromatic rings. The summed E-state index contributed by atoms with van der Waals surface area (Å²) in [6.45, 7) is 2.49. The minimum Gasteiger partial charge on any atom is -0.494 e. The Labute approximate surface area is 217 Å². The van der Waals surface area contributed by atoms with Crippen molar-refractivity contribution in [2.75, 3.05) is 13.2 Å². The van der Waals surface area contributed by atoms with Crippen molar-refractivity contribution in [2.45, 2.75) is 19.8 Å². The van der Waals surface area contributed by atoms with E-state index in [9.17, 15) is 14.4 Å². The summed E-state index contributed by atoms with van der Waals surface area (Å²) < 4.78 is 11.8. The molecule has 0 unspecified atom stereocenters. The summed E-state index contributed by atoms with van der Waals surface area (Å²) in [6.07, 6.45) is 3.45. The number of amides is 2. The van der Waals surface area contributed by atoms with Crippen molar-refractivity contribution in [3.63, 3.8) is 0 Å². The van der Waals surface area contributed by atoms with E-state index in [1.54, 1.807) is 72.8 Å². The smallest absolute Gasteiger partial charge is 0.343 e. The highest BCUT2D eigenvalue weighted by Gasteiger charge is 2.09. The molecule has 0 heterocycles. The number of carbonyl (C=O) groups excluding carboxylic acids is 3. The van der Waals surface area contributed by atoms with Crippen LogP contribution in [0.1, 0.15) is 46.0 Å². The van der Waals surface area contributed by atoms with Gasteiger partial charge in [-0.2, -0.15) is 5.10 Å². The monoisotopic (exact) mass is 551 g/mol. The molecule has 0 aliphatic carbocycles. The Balaban J connectivity index is 1.40. The second kappa shape index (κ2) is 13.8. The highest BCUT2D eigenvalue weighted by Crippen LogP contribution is 2.16. The summed E-state index contributed by atoms with van der Waals surface area (Å²) in [5, 5.41) is 6.43. The maximum atomic E-state index is 12.2. The minimum absolute atomic E-state index is 0.226. The van der Waals surface area contributed by atoms with Gasteiger partial charge in [-0.05, 0) is 84.8 Å². The van der Waals surface area contributed by atoms with Gasteiger partial charge >= 0.3 is 5.97 Å². The van der Waals surface area contributed by atoms with Crippen LogP contribution >= 0.6 is 15.9 Å². The van der Waals surface area contributed by atoms with Crippen molar-refractivity contribution in [1.82, 2.24) is 10.7 Å². The minimum atomic E-state index is -0.473. The molecule has 0 atom stereocenters. The van der Waals surface area contributed by atoms with E-state index in [4.69, 9.17) is 9.47 Å². The molecular formula is C27H26BrN3O5. The first-order chi connectivity index (χ1) is 17.4. The zero-order valence-corrected chi connectivity index (χ0v) is 21.3. The van der Waals surface area contributed by atoms with Crippen LogP contribution in [0.15, 0.2) is 82.4 Å². The average molecular weight is 552 g/mol. The normalized spacial score (nSPS) is 10.6. The molecule has 2 amide bonds. The Morgan fingerprint density at radius 2 is 1.53 bits per heavy atom. The van der Waals surface area contributed by atoms with E-state index < -0.39 is 11.9 Å². The van der Waals surface area contributed by atoms with Gasteiger partial charge in [0.1, 0.15) is 11.5 Å². The predicted molar refractivity (Wildman–Crippen MR) is 140 cm³/mol. The lowest BCUT2D eigenvalue weighted by atomic mass is 10.2. The van der Waals surface area contributed by atoms with Gasteiger partial charge in [-0.1, -0.05) is 29.3 Å². The van der Waals surface area contributed by atoms with Crippen LogP contribution in [0.4, 0.5) is 0 Å². The third kappa shape index (κ3) is 8.66. The number of carbonyl (C=O) groups is 3. The van der Waals surface area contributed by atoms with Crippen LogP contribution in [-0.2, 0) is 4.79 Å². The largest absolute Gasteiger partial charge is 0.494 e. The molecule has 2 N–H and O–H groups in total. The lowest BCUT2D eigenvalue weighted by molar-refractivity contribution is -0.120. The van der Waals surface area contributed by atoms with Crippen LogP contribution in [0.2, 0.25) is 0 Å². The van der Waals surface area contributed by atoms with Crippen LogP contribution in [-0.4, -0.2) is 37.1 Å². The van der Waals surface area contributed by atoms with Gasteiger partial charge in [0.2, 0.25) is 0 Å². The van der Waals surface area contributed by atoms with E-state index in [1.165, 1.54) is 6.21 Å². The van der Waals surface area contributed by atoms with Gasteiger partial charge in [0.15, 0.2) is 0 Å². The molecule has 0 aromatic heterocycles. The molecule has 8 nitrogen and oxygen atoms in total. The first-order valence-corrected chi connectivity index (χ1v) is 12.1. The number of benzene rings is 3. The van der Waals surface area contributed by atoms with Crippen molar-refractivity contribution in [2.24, 2.45) is 5.10 Å². The molecule has 186 valence electrons. The van der Waals surface area contributed by atoms with E-state index in [0.29, 0.717) is 34.8 Å². The zero-order valence-electron chi connectivity index (χ0n) is 19.7. The maximum absolute atomic E-state index is 12.2. The third-order valence-corrected chi connectivity index (χ3v) is 5.39. The molecule has 0 bridgehead atoms. The molecule has 3 rings (SSSR count). The summed E-state index contributed by atoms with van der Waals surface area (Å²) in [6, 6.07) is 20.2. The number of nitrogens with one attached hydrogen (secondary N) is 2. The molecular weight excluding hydrogens is 526 g/mol. The first kappa shape index (κ1) is 26.6. The summed E-state index contributed by atoms with van der Waals surface area (Å²) in [7, 11) is 0. The summed E-state index contributed by atoms with van der Waals surface area (Å²) in [5.41, 5.74) is 3.90. The SMILES string of the molecule is CCCCOc1ccc(C(=O)NCC(=O)NN=Cc2ccc(OC(=O)c3ccc(Br)cc3)cc2)cc1. The second-order valence-electron chi connectivity index (χ2n) is 7.67. The number of unbranched alkanes of at least 4 members (excludes halogenated alkanes) is 1. The van der Waals surface area contributed by atoms with Crippen LogP contribution in [0.25, 0.3) is 0 Å². The molecule has 0 fully saturated rings. The fourth-order valence-corrected chi connectivity index (χ4v) is 3.16. The lowest BCUT2D eigenvalue weighted by Gasteiger charge is -2.07. The quantitative estimate of drug-likeness (QED) is 0.118. The highest BCUT2D eigenvalue weighted by molar-refractivity contribution is 9.10. The van der Waals surface area contributed by atoms with Gasteiger partial charge in [-0.15, -0.1) is 0 Å². The Bertz CT molecular complexity index is 1190. The number of halogens is 1. The van der Waals surface area contributed by atoms with Crippen molar-refractivity contribution >= 4 is 39.9 Å². The van der Waals surface area contributed by atoms with Crippen LogP contribution in [0.5, 0.6) is 11.5 Å². The Morgan fingerprint density at radius 1 is 0.889 bits per heavy atom. The highest BCUT2D eigenvalue weighted by atomic mass is 79.9. The van der Waals surface area contributed by atoms with Crippen molar-refractivity contribution in [3.05, 3.63) is 94.0 Å². The number of rotatable bonds is 11. The molecule has 0 aliphatic rings. The molecule has 0 saturated carbocycles. The fourth-order valence-electron chi connectivity index (χ4n) is 2.89. The Hall–Kier alpha value is -3.98. The van der Waals surface area contributed by atoms with Crippen molar-refractivity contribution in [1.29, 1.82) is 0 Å². The third-order valence-electron chi connectivity index (χ3n) is 4.87. The molecule has 0 radical (unpaired) electrons. The number of hydrogen-bond acceptors (Lipinski definition) is 6. The van der Waals surface area contributed by atoms with Crippen LogP contribution in [0, 0.1) is 0 Å². The summed E-state index contributed by atoms with van der Waals surface area (Å²) >= 11 is 3.32. The van der Waals surface area contributed by atoms with Gasteiger partial charge in [0, 0.05) is 10.0 Å². The van der Waals surface area contributed by atoms with E-state index in [0.717, 1.165) is 17.3 Å². The van der Waals surface area contributed by atoms with E-state index in [1.807, 2.05) is 0 Å². The second-order valence-corrected chi connectivity index (χ2v) is 8.58. The number of nitrogens with zero attached hydrogens (tertiary/aromatic N) is 1. The van der Waals surface area contributed by atoms with Crippen LogP contribution < -0.4 is 20.2 Å². The van der Waals surface area contributed by atoms with Gasteiger partial charge in [-0.25, -0.2) is 10.2 Å². The molecule has 0 saturated heterocycles.